The van der Waals surface area contributed by atoms with Crippen LogP contribution < -0.4 is 5.73 Å². The fourth-order valence-corrected chi connectivity index (χ4v) is 6.03. The maximum atomic E-state index is 11.6. The monoisotopic (exact) mass is 349 g/mol. The molecule has 3 aliphatic rings. The van der Waals surface area contributed by atoms with E-state index in [4.69, 9.17) is 5.73 Å². The molecular formula is C18H24BrNO. The van der Waals surface area contributed by atoms with Gasteiger partial charge in [0, 0.05) is 22.9 Å². The van der Waals surface area contributed by atoms with E-state index >= 15 is 0 Å². The molecule has 0 saturated heterocycles. The molecule has 4 rings (SSSR count). The summed E-state index contributed by atoms with van der Waals surface area (Å²) in [7, 11) is 0. The number of aryl methyl sites for hydroxylation is 1. The van der Waals surface area contributed by atoms with E-state index in [1.165, 1.54) is 30.4 Å². The fourth-order valence-electron chi connectivity index (χ4n) is 5.62. The first-order valence-corrected chi connectivity index (χ1v) is 9.05. The Bertz CT molecular complexity index is 574. The second-order valence-corrected chi connectivity index (χ2v) is 8.48. The van der Waals surface area contributed by atoms with Gasteiger partial charge in [0.1, 0.15) is 0 Å². The van der Waals surface area contributed by atoms with E-state index in [0.717, 1.165) is 36.1 Å². The van der Waals surface area contributed by atoms with Crippen molar-refractivity contribution in [2.45, 2.75) is 50.5 Å². The minimum Gasteiger partial charge on any atom is -0.389 e. The molecular weight excluding hydrogens is 326 g/mol. The fraction of sp³-hybridized carbons (Fsp3) is 0.667. The molecule has 3 aliphatic carbocycles. The van der Waals surface area contributed by atoms with Gasteiger partial charge in [-0.05, 0) is 67.2 Å². The summed E-state index contributed by atoms with van der Waals surface area (Å²) in [6, 6.07) is 6.49. The van der Waals surface area contributed by atoms with Crippen LogP contribution in [0, 0.1) is 17.3 Å². The highest BCUT2D eigenvalue weighted by atomic mass is 79.9. The van der Waals surface area contributed by atoms with Gasteiger partial charge in [-0.2, -0.15) is 0 Å². The Morgan fingerprint density at radius 2 is 2.14 bits per heavy atom. The number of benzene rings is 1. The molecule has 4 atom stereocenters. The van der Waals surface area contributed by atoms with Crippen molar-refractivity contribution in [2.24, 2.45) is 23.0 Å². The molecule has 2 fully saturated rings. The zero-order chi connectivity index (χ0) is 14.7. The third kappa shape index (κ3) is 1.97. The summed E-state index contributed by atoms with van der Waals surface area (Å²) in [6.07, 6.45) is 7.71. The Morgan fingerprint density at radius 3 is 2.81 bits per heavy atom. The summed E-state index contributed by atoms with van der Waals surface area (Å²) in [4.78, 5) is 0. The number of nitrogens with two attached hydrogens (primary N) is 1. The number of aliphatic hydroxyl groups is 1. The molecule has 0 radical (unpaired) electrons. The summed E-state index contributed by atoms with van der Waals surface area (Å²) in [5.41, 5.74) is 8.34. The van der Waals surface area contributed by atoms with Crippen LogP contribution in [0.25, 0.3) is 0 Å². The molecule has 1 aromatic carbocycles. The third-order valence-corrected chi connectivity index (χ3v) is 7.22. The van der Waals surface area contributed by atoms with Gasteiger partial charge in [-0.3, -0.25) is 0 Å². The number of rotatable bonds is 2. The van der Waals surface area contributed by atoms with E-state index in [9.17, 15) is 5.11 Å². The third-order valence-electron chi connectivity index (χ3n) is 6.73. The zero-order valence-corrected chi connectivity index (χ0v) is 14.0. The Labute approximate surface area is 135 Å². The van der Waals surface area contributed by atoms with Gasteiger partial charge >= 0.3 is 0 Å². The van der Waals surface area contributed by atoms with Crippen LogP contribution in [0.2, 0.25) is 0 Å². The Morgan fingerprint density at radius 1 is 1.29 bits per heavy atom. The van der Waals surface area contributed by atoms with Gasteiger partial charge in [0.2, 0.25) is 0 Å². The molecule has 114 valence electrons. The first-order chi connectivity index (χ1) is 10.1. The maximum absolute atomic E-state index is 11.6. The van der Waals surface area contributed by atoms with Crippen LogP contribution in [0.3, 0.4) is 0 Å². The van der Waals surface area contributed by atoms with Crippen LogP contribution in [0.5, 0.6) is 0 Å². The molecule has 0 spiro atoms. The number of hydrogen-bond donors (Lipinski definition) is 2. The number of fused-ring (bicyclic) bond motifs is 3. The topological polar surface area (TPSA) is 46.2 Å². The van der Waals surface area contributed by atoms with Crippen molar-refractivity contribution >= 4 is 15.9 Å². The summed E-state index contributed by atoms with van der Waals surface area (Å²) >= 11 is 3.55. The number of halogens is 1. The van der Waals surface area contributed by atoms with E-state index in [0.29, 0.717) is 12.5 Å². The van der Waals surface area contributed by atoms with Crippen LogP contribution in [-0.4, -0.2) is 17.3 Å². The van der Waals surface area contributed by atoms with Crippen LogP contribution in [0.1, 0.15) is 43.2 Å². The van der Waals surface area contributed by atoms with E-state index in [2.05, 4.69) is 34.1 Å². The first-order valence-electron chi connectivity index (χ1n) is 8.26. The molecule has 2 nitrogen and oxygen atoms in total. The first kappa shape index (κ1) is 14.2. The molecule has 3 N–H and O–H groups in total. The Kier molecular flexibility index (Phi) is 3.26. The minimum absolute atomic E-state index is 0.0271. The van der Waals surface area contributed by atoms with E-state index in [-0.39, 0.29) is 5.41 Å². The Hall–Kier alpha value is -0.380. The minimum atomic E-state index is -0.595. The van der Waals surface area contributed by atoms with E-state index < -0.39 is 5.60 Å². The lowest BCUT2D eigenvalue weighted by Gasteiger charge is -2.52. The van der Waals surface area contributed by atoms with Gasteiger partial charge < -0.3 is 10.8 Å². The quantitative estimate of drug-likeness (QED) is 0.858. The van der Waals surface area contributed by atoms with Crippen LogP contribution >= 0.6 is 15.9 Å². The van der Waals surface area contributed by atoms with E-state index in [1.807, 2.05) is 0 Å². The van der Waals surface area contributed by atoms with Crippen LogP contribution in [-0.2, 0) is 12.8 Å². The summed E-state index contributed by atoms with van der Waals surface area (Å²) in [5, 5.41) is 11.6. The average molecular weight is 350 g/mol. The molecule has 0 amide bonds. The lowest BCUT2D eigenvalue weighted by molar-refractivity contribution is -0.118. The van der Waals surface area contributed by atoms with Gasteiger partial charge in [-0.25, -0.2) is 0 Å². The van der Waals surface area contributed by atoms with Gasteiger partial charge in [-0.1, -0.05) is 28.4 Å². The normalized spacial score (nSPS) is 41.3. The highest BCUT2D eigenvalue weighted by Gasteiger charge is 2.60. The lowest BCUT2D eigenvalue weighted by atomic mass is 9.57. The molecule has 21 heavy (non-hydrogen) atoms. The van der Waals surface area contributed by atoms with Crippen LogP contribution in [0.15, 0.2) is 22.7 Å². The second-order valence-electron chi connectivity index (χ2n) is 7.56. The van der Waals surface area contributed by atoms with Gasteiger partial charge in [0.25, 0.3) is 0 Å². The average Bonchev–Trinajstić information content (AvgIpc) is 3.09. The van der Waals surface area contributed by atoms with Crippen molar-refractivity contribution in [1.82, 2.24) is 0 Å². The predicted octanol–water partition coefficient (Wildman–Crippen LogP) is 3.43. The zero-order valence-electron chi connectivity index (χ0n) is 12.4. The summed E-state index contributed by atoms with van der Waals surface area (Å²) in [6.45, 7) is 0.649. The molecule has 0 aliphatic heterocycles. The second kappa shape index (κ2) is 4.81. The highest BCUT2D eigenvalue weighted by Crippen LogP contribution is 2.62. The van der Waals surface area contributed by atoms with Crippen LogP contribution in [0.4, 0.5) is 0 Å². The summed E-state index contributed by atoms with van der Waals surface area (Å²) in [5.74, 6) is 1.46. The van der Waals surface area contributed by atoms with Crippen molar-refractivity contribution in [1.29, 1.82) is 0 Å². The number of hydrogen-bond acceptors (Lipinski definition) is 2. The van der Waals surface area contributed by atoms with Gasteiger partial charge in [0.15, 0.2) is 0 Å². The standard InChI is InChI=1S/C18H24BrNO/c19-16-4-2-14-10-18(21,6-5-13(14)8-16)17(11-20)9-12-1-3-15(17)7-12/h2,4,8,12,15,21H,1,3,5-7,9-11,20H2. The largest absolute Gasteiger partial charge is 0.389 e. The molecule has 4 unspecified atom stereocenters. The summed E-state index contributed by atoms with van der Waals surface area (Å²) < 4.78 is 1.14. The lowest BCUT2D eigenvalue weighted by Crippen LogP contribution is -2.58. The van der Waals surface area contributed by atoms with Gasteiger partial charge in [0.05, 0.1) is 5.60 Å². The predicted molar refractivity (Wildman–Crippen MR) is 88.1 cm³/mol. The molecule has 2 bridgehead atoms. The van der Waals surface area contributed by atoms with Crippen molar-refractivity contribution in [3.05, 3.63) is 33.8 Å². The maximum Gasteiger partial charge on any atom is 0.0761 e. The molecule has 0 aromatic heterocycles. The smallest absolute Gasteiger partial charge is 0.0761 e. The highest BCUT2D eigenvalue weighted by molar-refractivity contribution is 9.10. The molecule has 1 aromatic rings. The Balaban J connectivity index is 1.70. The molecule has 0 heterocycles. The van der Waals surface area contributed by atoms with Gasteiger partial charge in [-0.15, -0.1) is 0 Å². The molecule has 2 saturated carbocycles. The van der Waals surface area contributed by atoms with Crippen molar-refractivity contribution < 1.29 is 5.11 Å². The molecule has 3 heteroatoms. The van der Waals surface area contributed by atoms with Crippen molar-refractivity contribution in [2.75, 3.05) is 6.54 Å². The SMILES string of the molecule is NCC1(C2(O)CCc3cc(Br)ccc3C2)CC2CCC1C2. The van der Waals surface area contributed by atoms with Crippen molar-refractivity contribution in [3.63, 3.8) is 0 Å². The van der Waals surface area contributed by atoms with Crippen molar-refractivity contribution in [3.8, 4) is 0 Å². The van der Waals surface area contributed by atoms with E-state index in [1.54, 1.807) is 0 Å².